The molecule has 0 bridgehead atoms. The number of aliphatic carboxylic acids is 1. The van der Waals surface area contributed by atoms with Crippen molar-refractivity contribution in [2.45, 2.75) is 32.6 Å². The summed E-state index contributed by atoms with van der Waals surface area (Å²) >= 11 is 4.16. The van der Waals surface area contributed by atoms with Gasteiger partial charge in [-0.05, 0) is 96.3 Å². The Morgan fingerprint density at radius 2 is 1.85 bits per heavy atom. The summed E-state index contributed by atoms with van der Waals surface area (Å²) in [5, 5.41) is 8.70. The van der Waals surface area contributed by atoms with E-state index in [1.54, 1.807) is 11.8 Å². The fourth-order valence-corrected chi connectivity index (χ4v) is 4.52. The van der Waals surface area contributed by atoms with Crippen LogP contribution in [-0.2, 0) is 4.79 Å². The molecule has 0 aromatic heterocycles. The van der Waals surface area contributed by atoms with Gasteiger partial charge in [-0.3, -0.25) is 0 Å². The topological polar surface area (TPSA) is 46.5 Å². The molecule has 2 rings (SSSR count). The number of aryl methyl sites for hydroxylation is 2. The first-order chi connectivity index (χ1) is 12.3. The van der Waals surface area contributed by atoms with Crippen LogP contribution in [0.1, 0.15) is 27.8 Å². The van der Waals surface area contributed by atoms with Crippen LogP contribution in [0.3, 0.4) is 0 Å². The highest BCUT2D eigenvalue weighted by Gasteiger charge is 2.07. The van der Waals surface area contributed by atoms with E-state index in [0.29, 0.717) is 5.75 Å². The molecular weight excluding hydrogens is 459 g/mol. The molecule has 0 spiro atoms. The Morgan fingerprint density at radius 1 is 1.12 bits per heavy atom. The molecule has 26 heavy (non-hydrogen) atoms. The van der Waals surface area contributed by atoms with Crippen LogP contribution in [0.4, 0.5) is 0 Å². The van der Waals surface area contributed by atoms with E-state index in [1.165, 1.54) is 25.8 Å². The van der Waals surface area contributed by atoms with Gasteiger partial charge < -0.3 is 9.84 Å². The summed E-state index contributed by atoms with van der Waals surface area (Å²) < 4.78 is 6.52. The molecule has 0 saturated heterocycles. The van der Waals surface area contributed by atoms with Crippen molar-refractivity contribution in [2.75, 3.05) is 12.4 Å². The monoisotopic (exact) mass is 482 g/mol. The van der Waals surface area contributed by atoms with Gasteiger partial charge in [-0.2, -0.15) is 0 Å². The minimum absolute atomic E-state index is 0.316. The Hall–Kier alpha value is -1.47. The largest absolute Gasteiger partial charge is 0.482 e. The van der Waals surface area contributed by atoms with Crippen LogP contribution < -0.4 is 4.74 Å². The number of thioether (sulfide) groups is 1. The average Bonchev–Trinajstić information content (AvgIpc) is 2.58. The van der Waals surface area contributed by atoms with Crippen LogP contribution in [-0.4, -0.2) is 23.4 Å². The number of benzene rings is 2. The number of hydrogen-bond acceptors (Lipinski definition) is 3. The third kappa shape index (κ3) is 5.51. The van der Waals surface area contributed by atoms with Crippen molar-refractivity contribution in [1.29, 1.82) is 0 Å². The molecule has 1 N–H and O–H groups in total. The van der Waals surface area contributed by atoms with Gasteiger partial charge in [0.15, 0.2) is 6.61 Å². The maximum atomic E-state index is 10.6. The molecule has 0 fully saturated rings. The van der Waals surface area contributed by atoms with E-state index in [1.807, 2.05) is 25.1 Å². The quantitative estimate of drug-likeness (QED) is 0.391. The molecule has 0 amide bonds. The zero-order chi connectivity index (χ0) is 19.3. The van der Waals surface area contributed by atoms with Gasteiger partial charge in [0.1, 0.15) is 5.75 Å². The van der Waals surface area contributed by atoms with Crippen LogP contribution in [0.2, 0.25) is 0 Å². The summed E-state index contributed by atoms with van der Waals surface area (Å²) in [5.41, 5.74) is 6.25. The van der Waals surface area contributed by atoms with Crippen molar-refractivity contribution in [3.8, 4) is 5.75 Å². The fourth-order valence-electron chi connectivity index (χ4n) is 2.55. The number of rotatable bonds is 7. The van der Waals surface area contributed by atoms with Gasteiger partial charge in [0, 0.05) is 14.2 Å². The summed E-state index contributed by atoms with van der Waals surface area (Å²) in [6, 6.07) is 10.2. The number of ether oxygens (including phenoxy) is 1. The predicted octanol–water partition coefficient (Wildman–Crippen LogP) is 5.95. The highest BCUT2D eigenvalue weighted by Crippen LogP contribution is 2.30. The highest BCUT2D eigenvalue weighted by molar-refractivity contribution is 14.1. The van der Waals surface area contributed by atoms with Crippen molar-refractivity contribution in [3.05, 3.63) is 64.2 Å². The van der Waals surface area contributed by atoms with Crippen LogP contribution in [0.25, 0.3) is 3.58 Å². The molecule has 0 unspecified atom stereocenters. The lowest BCUT2D eigenvalue weighted by atomic mass is 9.99. The van der Waals surface area contributed by atoms with Gasteiger partial charge in [-0.15, -0.1) is 11.8 Å². The Labute approximate surface area is 173 Å². The second-order valence-corrected chi connectivity index (χ2v) is 8.41. The number of carbonyl (C=O) groups is 1. The summed E-state index contributed by atoms with van der Waals surface area (Å²) in [4.78, 5) is 11.7. The first-order valence-corrected chi connectivity index (χ1v) is 10.4. The number of halogens is 1. The molecule has 0 heterocycles. The van der Waals surface area contributed by atoms with Crippen LogP contribution in [0, 0.1) is 27.7 Å². The molecule has 0 aliphatic heterocycles. The van der Waals surface area contributed by atoms with E-state index in [0.717, 1.165) is 16.2 Å². The highest BCUT2D eigenvalue weighted by atomic mass is 127. The summed E-state index contributed by atoms with van der Waals surface area (Å²) in [5.74, 6) is 0.524. The van der Waals surface area contributed by atoms with Gasteiger partial charge in [-0.25, -0.2) is 4.79 Å². The zero-order valence-electron chi connectivity index (χ0n) is 15.4. The van der Waals surface area contributed by atoms with E-state index in [-0.39, 0.29) is 6.61 Å². The van der Waals surface area contributed by atoms with Gasteiger partial charge in [0.2, 0.25) is 0 Å². The summed E-state index contributed by atoms with van der Waals surface area (Å²) in [6.07, 6.45) is 2.24. The van der Waals surface area contributed by atoms with Crippen molar-refractivity contribution in [3.63, 3.8) is 0 Å². The van der Waals surface area contributed by atoms with Crippen molar-refractivity contribution in [2.24, 2.45) is 0 Å². The van der Waals surface area contributed by atoms with E-state index >= 15 is 0 Å². The Morgan fingerprint density at radius 3 is 2.50 bits per heavy atom. The van der Waals surface area contributed by atoms with Crippen molar-refractivity contribution in [1.82, 2.24) is 0 Å². The Kier molecular flexibility index (Phi) is 7.58. The molecule has 3 nitrogen and oxygen atoms in total. The Balaban J connectivity index is 2.02. The third-order valence-corrected chi connectivity index (χ3v) is 6.27. The molecule has 0 atom stereocenters. The number of carboxylic acid groups (broad SMARTS) is 1. The first kappa shape index (κ1) is 20.8. The van der Waals surface area contributed by atoms with Gasteiger partial charge in [0.25, 0.3) is 0 Å². The van der Waals surface area contributed by atoms with E-state index in [2.05, 4.69) is 61.6 Å². The third-order valence-electron chi connectivity index (χ3n) is 4.33. The van der Waals surface area contributed by atoms with Gasteiger partial charge in [0.05, 0.1) is 0 Å². The molecule has 0 saturated carbocycles. The molecule has 2 aromatic rings. The molecule has 2 aromatic carbocycles. The van der Waals surface area contributed by atoms with Crippen LogP contribution >= 0.6 is 34.4 Å². The normalized spacial score (nSPS) is 11.5. The molecular formula is C21H23IO3S. The van der Waals surface area contributed by atoms with Gasteiger partial charge >= 0.3 is 5.97 Å². The van der Waals surface area contributed by atoms with E-state index in [9.17, 15) is 4.79 Å². The van der Waals surface area contributed by atoms with Gasteiger partial charge in [-0.1, -0.05) is 18.2 Å². The van der Waals surface area contributed by atoms with E-state index < -0.39 is 5.97 Å². The minimum atomic E-state index is -0.968. The summed E-state index contributed by atoms with van der Waals surface area (Å²) in [7, 11) is 0. The zero-order valence-corrected chi connectivity index (χ0v) is 18.4. The number of hydrogen-bond donors (Lipinski definition) is 1. The summed E-state index contributed by atoms with van der Waals surface area (Å²) in [6.45, 7) is 8.10. The SMILES string of the molecule is Cc1cc(SCC=C(I)c2ccc(C)c(C)c2C)ccc1OCC(=O)O. The standard InChI is InChI=1S/C21H23IO3S/c1-13-5-7-18(16(4)15(13)3)19(22)9-10-26-17-6-8-20(14(2)11-17)25-12-21(23)24/h5-9,11H,10,12H2,1-4H3,(H,23,24). The average molecular weight is 482 g/mol. The van der Waals surface area contributed by atoms with Crippen LogP contribution in [0.15, 0.2) is 41.3 Å². The van der Waals surface area contributed by atoms with E-state index in [4.69, 9.17) is 9.84 Å². The lowest BCUT2D eigenvalue weighted by Crippen LogP contribution is -2.09. The molecule has 5 heteroatoms. The second-order valence-electron chi connectivity index (χ2n) is 6.15. The van der Waals surface area contributed by atoms with Crippen molar-refractivity contribution >= 4 is 43.9 Å². The lowest BCUT2D eigenvalue weighted by molar-refractivity contribution is -0.139. The molecule has 138 valence electrons. The first-order valence-electron chi connectivity index (χ1n) is 8.30. The lowest BCUT2D eigenvalue weighted by Gasteiger charge is -2.11. The van der Waals surface area contributed by atoms with Crippen LogP contribution in [0.5, 0.6) is 5.75 Å². The molecule has 0 aliphatic rings. The molecule has 0 radical (unpaired) electrons. The predicted molar refractivity (Wildman–Crippen MR) is 118 cm³/mol. The number of carboxylic acids is 1. The minimum Gasteiger partial charge on any atom is -0.482 e. The maximum Gasteiger partial charge on any atom is 0.341 e. The van der Waals surface area contributed by atoms with Crippen molar-refractivity contribution < 1.29 is 14.6 Å². The maximum absolute atomic E-state index is 10.6. The Bertz CT molecular complexity index is 843. The molecule has 0 aliphatic carbocycles. The smallest absolute Gasteiger partial charge is 0.341 e. The fraction of sp³-hybridized carbons (Fsp3) is 0.286. The second kappa shape index (κ2) is 9.46.